The van der Waals surface area contributed by atoms with Crippen LogP contribution in [0.4, 0.5) is 5.82 Å². The molecule has 1 aliphatic heterocycles. The Balaban J connectivity index is 1.45. The van der Waals surface area contributed by atoms with E-state index in [9.17, 15) is 0 Å². The number of aromatic nitrogens is 2. The highest BCUT2D eigenvalue weighted by Crippen LogP contribution is 2.29. The first-order valence-corrected chi connectivity index (χ1v) is 9.69. The van der Waals surface area contributed by atoms with Gasteiger partial charge in [0.2, 0.25) is 0 Å². The van der Waals surface area contributed by atoms with Gasteiger partial charge in [0.1, 0.15) is 7.11 Å². The highest BCUT2D eigenvalue weighted by molar-refractivity contribution is 6.29. The fourth-order valence-corrected chi connectivity index (χ4v) is 3.36. The Morgan fingerprint density at radius 3 is 2.64 bits per heavy atom. The average molecular weight is 405 g/mol. The van der Waals surface area contributed by atoms with Crippen LogP contribution in [0.3, 0.4) is 0 Å². The Labute approximate surface area is 170 Å². The van der Waals surface area contributed by atoms with Gasteiger partial charge in [-0.15, -0.1) is 10.2 Å². The summed E-state index contributed by atoms with van der Waals surface area (Å²) < 4.78 is 11.4. The van der Waals surface area contributed by atoms with Gasteiger partial charge in [-0.3, -0.25) is 0 Å². The van der Waals surface area contributed by atoms with Crippen molar-refractivity contribution in [3.63, 3.8) is 0 Å². The Bertz CT molecular complexity index is 778. The van der Waals surface area contributed by atoms with Crippen LogP contribution < -0.4 is 14.4 Å². The van der Waals surface area contributed by atoms with Gasteiger partial charge in [0.25, 0.3) is 0 Å². The molecule has 150 valence electrons. The summed E-state index contributed by atoms with van der Waals surface area (Å²) in [6.45, 7) is 2.60. The van der Waals surface area contributed by atoms with Crippen molar-refractivity contribution in [1.82, 2.24) is 10.2 Å². The number of halogens is 1. The van der Waals surface area contributed by atoms with Crippen LogP contribution in [0.1, 0.15) is 24.8 Å². The molecule has 0 saturated carbocycles. The topological polar surface area (TPSA) is 69.1 Å². The third-order valence-electron chi connectivity index (χ3n) is 4.83. The van der Waals surface area contributed by atoms with Crippen LogP contribution in [0.5, 0.6) is 11.5 Å². The Hall–Kier alpha value is -2.54. The molecule has 1 saturated heterocycles. The minimum atomic E-state index is 0.422. The molecule has 0 N–H and O–H groups in total. The molecule has 0 unspecified atom stereocenters. The molecule has 1 fully saturated rings. The van der Waals surface area contributed by atoms with Gasteiger partial charge in [-0.1, -0.05) is 16.8 Å². The second-order valence-corrected chi connectivity index (χ2v) is 7.00. The summed E-state index contributed by atoms with van der Waals surface area (Å²) in [6.07, 6.45) is 4.86. The van der Waals surface area contributed by atoms with Gasteiger partial charge in [0.05, 0.1) is 19.9 Å². The Morgan fingerprint density at radius 1 is 1.14 bits per heavy atom. The molecular formula is C20H25ClN4O3. The molecule has 1 aliphatic rings. The van der Waals surface area contributed by atoms with Gasteiger partial charge in [0.15, 0.2) is 22.5 Å². The van der Waals surface area contributed by atoms with Crippen LogP contribution in [0, 0.1) is 5.92 Å². The van der Waals surface area contributed by atoms with E-state index < -0.39 is 0 Å². The number of rotatable bonds is 8. The minimum Gasteiger partial charge on any atom is -0.493 e. The quantitative estimate of drug-likeness (QED) is 0.492. The number of benzene rings is 1. The molecule has 0 amide bonds. The fourth-order valence-electron chi connectivity index (χ4n) is 3.26. The van der Waals surface area contributed by atoms with Crippen molar-refractivity contribution in [3.8, 4) is 11.5 Å². The summed E-state index contributed by atoms with van der Waals surface area (Å²) in [5, 5.41) is 12.3. The number of oxime groups is 1. The van der Waals surface area contributed by atoms with E-state index in [1.54, 1.807) is 19.4 Å². The molecule has 2 aromatic rings. The lowest BCUT2D eigenvalue weighted by Crippen LogP contribution is -2.34. The zero-order valence-corrected chi connectivity index (χ0v) is 16.9. The Morgan fingerprint density at radius 2 is 1.96 bits per heavy atom. The van der Waals surface area contributed by atoms with Gasteiger partial charge < -0.3 is 19.2 Å². The highest BCUT2D eigenvalue weighted by atomic mass is 35.5. The first-order chi connectivity index (χ1) is 13.7. The molecule has 28 heavy (non-hydrogen) atoms. The molecule has 1 aromatic carbocycles. The summed E-state index contributed by atoms with van der Waals surface area (Å²) in [5.74, 6) is 2.96. The van der Waals surface area contributed by atoms with E-state index in [0.717, 1.165) is 49.5 Å². The second kappa shape index (κ2) is 10.1. The summed E-state index contributed by atoms with van der Waals surface area (Å²) in [6, 6.07) is 9.41. The monoisotopic (exact) mass is 404 g/mol. The molecule has 0 spiro atoms. The summed E-state index contributed by atoms with van der Waals surface area (Å²) in [5.41, 5.74) is 0.892. The van der Waals surface area contributed by atoms with Crippen molar-refractivity contribution in [2.45, 2.75) is 19.3 Å². The van der Waals surface area contributed by atoms with E-state index >= 15 is 0 Å². The smallest absolute Gasteiger partial charge is 0.161 e. The molecule has 7 nitrogen and oxygen atoms in total. The molecule has 8 heteroatoms. The van der Waals surface area contributed by atoms with Crippen molar-refractivity contribution in [2.24, 2.45) is 11.1 Å². The van der Waals surface area contributed by atoms with Crippen molar-refractivity contribution < 1.29 is 14.3 Å². The number of nitrogens with zero attached hydrogens (tertiary/aromatic N) is 4. The highest BCUT2D eigenvalue weighted by Gasteiger charge is 2.20. The maximum Gasteiger partial charge on any atom is 0.161 e. The van der Waals surface area contributed by atoms with E-state index in [0.29, 0.717) is 23.4 Å². The predicted octanol–water partition coefficient (Wildman–Crippen LogP) is 3.80. The van der Waals surface area contributed by atoms with Crippen LogP contribution in [0.15, 0.2) is 35.5 Å². The zero-order chi connectivity index (χ0) is 19.8. The largest absolute Gasteiger partial charge is 0.493 e. The standard InChI is InChI=1S/C20H25ClN4O3/c1-26-18-13-16(14-22-27-2)3-4-17(18)28-12-9-15-7-10-25(11-8-15)20-6-5-19(21)23-24-20/h3-6,13-15H,7-12H2,1-2H3. The third kappa shape index (κ3) is 5.48. The van der Waals surface area contributed by atoms with Crippen LogP contribution in [-0.2, 0) is 4.84 Å². The number of ether oxygens (including phenoxy) is 2. The Kier molecular flexibility index (Phi) is 7.31. The van der Waals surface area contributed by atoms with Crippen molar-refractivity contribution in [2.75, 3.05) is 38.8 Å². The lowest BCUT2D eigenvalue weighted by Gasteiger charge is -2.32. The lowest BCUT2D eigenvalue weighted by molar-refractivity contribution is 0.215. The lowest BCUT2D eigenvalue weighted by atomic mass is 9.94. The van der Waals surface area contributed by atoms with E-state index in [1.807, 2.05) is 24.3 Å². The van der Waals surface area contributed by atoms with Crippen LogP contribution in [0.2, 0.25) is 5.15 Å². The maximum atomic E-state index is 5.96. The van der Waals surface area contributed by atoms with Gasteiger partial charge in [-0.2, -0.15) is 0 Å². The molecule has 0 bridgehead atoms. The number of methoxy groups -OCH3 is 1. The predicted molar refractivity (Wildman–Crippen MR) is 110 cm³/mol. The molecule has 2 heterocycles. The second-order valence-electron chi connectivity index (χ2n) is 6.61. The first-order valence-electron chi connectivity index (χ1n) is 9.31. The molecular weight excluding hydrogens is 380 g/mol. The number of anilines is 1. The van der Waals surface area contributed by atoms with Crippen LogP contribution in [-0.4, -0.2) is 50.3 Å². The van der Waals surface area contributed by atoms with Gasteiger partial charge in [-0.25, -0.2) is 0 Å². The number of piperidine rings is 1. The maximum absolute atomic E-state index is 5.96. The van der Waals surface area contributed by atoms with Crippen molar-refractivity contribution >= 4 is 23.6 Å². The van der Waals surface area contributed by atoms with E-state index in [4.69, 9.17) is 25.9 Å². The molecule has 0 atom stereocenters. The van der Waals surface area contributed by atoms with Crippen LogP contribution >= 0.6 is 11.6 Å². The first kappa shape index (κ1) is 20.2. The normalized spacial score (nSPS) is 15.0. The van der Waals surface area contributed by atoms with Crippen LogP contribution in [0.25, 0.3) is 0 Å². The van der Waals surface area contributed by atoms with E-state index in [2.05, 4.69) is 20.3 Å². The summed E-state index contributed by atoms with van der Waals surface area (Å²) >= 11 is 5.81. The molecule has 3 rings (SSSR count). The van der Waals surface area contributed by atoms with E-state index in [1.165, 1.54) is 7.11 Å². The molecule has 0 radical (unpaired) electrons. The van der Waals surface area contributed by atoms with Crippen molar-refractivity contribution in [3.05, 3.63) is 41.0 Å². The molecule has 1 aromatic heterocycles. The SMILES string of the molecule is CON=Cc1ccc(OCCC2CCN(c3ccc(Cl)nn3)CC2)c(OC)c1. The van der Waals surface area contributed by atoms with Gasteiger partial charge >= 0.3 is 0 Å². The molecule has 0 aliphatic carbocycles. The third-order valence-corrected chi connectivity index (χ3v) is 5.04. The number of hydrogen-bond donors (Lipinski definition) is 0. The number of hydrogen-bond acceptors (Lipinski definition) is 7. The average Bonchev–Trinajstić information content (AvgIpc) is 2.74. The summed E-state index contributed by atoms with van der Waals surface area (Å²) in [7, 11) is 3.15. The van der Waals surface area contributed by atoms with Crippen molar-refractivity contribution in [1.29, 1.82) is 0 Å². The zero-order valence-electron chi connectivity index (χ0n) is 16.2. The fraction of sp³-hybridized carbons (Fsp3) is 0.450. The van der Waals surface area contributed by atoms with Gasteiger partial charge in [0, 0.05) is 18.7 Å². The summed E-state index contributed by atoms with van der Waals surface area (Å²) in [4.78, 5) is 6.96. The van der Waals surface area contributed by atoms with Gasteiger partial charge in [-0.05, 0) is 55.5 Å². The van der Waals surface area contributed by atoms with E-state index in [-0.39, 0.29) is 0 Å². The minimum absolute atomic E-state index is 0.422.